The van der Waals surface area contributed by atoms with Crippen LogP contribution in [-0.2, 0) is 11.2 Å². The number of nitrogens with zero attached hydrogens (tertiary/aromatic N) is 1. The van der Waals surface area contributed by atoms with Crippen LogP contribution in [0.4, 0.5) is 0 Å². The number of amides is 1. The Morgan fingerprint density at radius 3 is 2.35 bits per heavy atom. The molecule has 17 heavy (non-hydrogen) atoms. The summed E-state index contributed by atoms with van der Waals surface area (Å²) in [7, 11) is 1.80. The molecule has 0 aliphatic rings. The van der Waals surface area contributed by atoms with Gasteiger partial charge in [0.2, 0.25) is 5.91 Å². The molecule has 0 atom stereocenters. The Labute approximate surface area is 116 Å². The second kappa shape index (κ2) is 5.87. The number of hydrogen-bond donors (Lipinski definition) is 0. The van der Waals surface area contributed by atoms with Crippen LogP contribution >= 0.6 is 27.5 Å². The van der Waals surface area contributed by atoms with Gasteiger partial charge in [-0.25, -0.2) is 0 Å². The van der Waals surface area contributed by atoms with Gasteiger partial charge in [-0.3, -0.25) is 4.79 Å². The van der Waals surface area contributed by atoms with Crippen LogP contribution in [0.1, 0.15) is 19.4 Å². The van der Waals surface area contributed by atoms with Crippen LogP contribution in [0.3, 0.4) is 0 Å². The van der Waals surface area contributed by atoms with Gasteiger partial charge in [0.15, 0.2) is 0 Å². The molecule has 1 rings (SSSR count). The van der Waals surface area contributed by atoms with Crippen molar-refractivity contribution < 1.29 is 4.79 Å². The minimum absolute atomic E-state index is 0.0815. The average Bonchev–Trinajstić information content (AvgIpc) is 2.31. The Morgan fingerprint density at radius 1 is 1.35 bits per heavy atom. The van der Waals surface area contributed by atoms with Crippen LogP contribution in [0.15, 0.2) is 28.7 Å². The van der Waals surface area contributed by atoms with Crippen LogP contribution in [0.2, 0.25) is 0 Å². The first-order chi connectivity index (χ1) is 7.86. The number of hydrogen-bond acceptors (Lipinski definition) is 1. The van der Waals surface area contributed by atoms with Crippen LogP contribution in [0.5, 0.6) is 0 Å². The summed E-state index contributed by atoms with van der Waals surface area (Å²) in [4.78, 5) is 13.8. The number of carbonyl (C=O) groups excluding carboxylic acids is 1. The van der Waals surface area contributed by atoms with Crippen molar-refractivity contribution in [3.8, 4) is 0 Å². The van der Waals surface area contributed by atoms with Gasteiger partial charge < -0.3 is 4.90 Å². The van der Waals surface area contributed by atoms with Gasteiger partial charge in [-0.1, -0.05) is 28.1 Å². The van der Waals surface area contributed by atoms with Gasteiger partial charge in [0.05, 0.1) is 12.0 Å². The van der Waals surface area contributed by atoms with Crippen molar-refractivity contribution in [2.24, 2.45) is 0 Å². The molecule has 0 aliphatic heterocycles. The highest BCUT2D eigenvalue weighted by Crippen LogP contribution is 2.17. The zero-order valence-electron chi connectivity index (χ0n) is 10.3. The van der Waals surface area contributed by atoms with Crippen LogP contribution in [-0.4, -0.2) is 29.3 Å². The topological polar surface area (TPSA) is 20.3 Å². The number of likely N-dealkylation sites (N-methyl/N-ethyl adjacent to an activating group) is 1. The van der Waals surface area contributed by atoms with Gasteiger partial charge in [0.1, 0.15) is 0 Å². The Balaban J connectivity index is 2.69. The minimum atomic E-state index is -0.312. The molecule has 94 valence electrons. The summed E-state index contributed by atoms with van der Waals surface area (Å²) in [6.07, 6.45) is 0.407. The molecule has 1 aromatic rings. The monoisotopic (exact) mass is 317 g/mol. The summed E-state index contributed by atoms with van der Waals surface area (Å²) in [5.41, 5.74) is 0.698. The van der Waals surface area contributed by atoms with Gasteiger partial charge in [-0.05, 0) is 31.5 Å². The van der Waals surface area contributed by atoms with Gasteiger partial charge in [0.25, 0.3) is 0 Å². The van der Waals surface area contributed by atoms with E-state index in [9.17, 15) is 4.79 Å². The molecule has 0 saturated carbocycles. The van der Waals surface area contributed by atoms with Crippen molar-refractivity contribution in [2.75, 3.05) is 12.9 Å². The van der Waals surface area contributed by atoms with Crippen LogP contribution in [0.25, 0.3) is 0 Å². The highest BCUT2D eigenvalue weighted by atomic mass is 79.9. The largest absolute Gasteiger partial charge is 0.339 e. The average molecular weight is 319 g/mol. The molecule has 0 heterocycles. The standard InChI is InChI=1S/C13H17BrClNO/c1-13(2,9-15)16(3)12(17)8-10-4-6-11(14)7-5-10/h4-7H,8-9H2,1-3H3. The third-order valence-electron chi connectivity index (χ3n) is 2.88. The highest BCUT2D eigenvalue weighted by molar-refractivity contribution is 9.10. The lowest BCUT2D eigenvalue weighted by molar-refractivity contribution is -0.133. The number of alkyl halides is 1. The van der Waals surface area contributed by atoms with Crippen molar-refractivity contribution in [1.82, 2.24) is 4.90 Å². The molecule has 2 nitrogen and oxygen atoms in total. The Kier molecular flexibility index (Phi) is 5.02. The van der Waals surface area contributed by atoms with E-state index in [4.69, 9.17) is 11.6 Å². The van der Waals surface area contributed by atoms with Gasteiger partial charge in [0, 0.05) is 17.4 Å². The van der Waals surface area contributed by atoms with E-state index in [2.05, 4.69) is 15.9 Å². The first-order valence-electron chi connectivity index (χ1n) is 5.44. The highest BCUT2D eigenvalue weighted by Gasteiger charge is 2.26. The van der Waals surface area contributed by atoms with Gasteiger partial charge in [-0.2, -0.15) is 0 Å². The van der Waals surface area contributed by atoms with Crippen LogP contribution < -0.4 is 0 Å². The molecule has 0 fully saturated rings. The van der Waals surface area contributed by atoms with Crippen molar-refractivity contribution in [3.05, 3.63) is 34.3 Å². The first kappa shape index (κ1) is 14.5. The Morgan fingerprint density at radius 2 is 1.88 bits per heavy atom. The summed E-state index contributed by atoms with van der Waals surface area (Å²) in [5.74, 6) is 0.508. The summed E-state index contributed by atoms with van der Waals surface area (Å²) in [6, 6.07) is 7.78. The maximum atomic E-state index is 12.1. The summed E-state index contributed by atoms with van der Waals surface area (Å²) in [5, 5.41) is 0. The molecule has 0 spiro atoms. The molecule has 1 aromatic carbocycles. The summed E-state index contributed by atoms with van der Waals surface area (Å²) >= 11 is 9.23. The fourth-order valence-corrected chi connectivity index (χ4v) is 1.77. The lowest BCUT2D eigenvalue weighted by Crippen LogP contribution is -2.47. The molecule has 4 heteroatoms. The normalized spacial score (nSPS) is 11.4. The third kappa shape index (κ3) is 4.00. The molecule has 0 unspecified atom stereocenters. The maximum Gasteiger partial charge on any atom is 0.227 e. The third-order valence-corrected chi connectivity index (χ3v) is 4.06. The molecule has 0 aliphatic carbocycles. The van der Waals surface area contributed by atoms with Gasteiger partial charge in [-0.15, -0.1) is 11.6 Å². The van der Waals surface area contributed by atoms with Crippen LogP contribution in [0, 0.1) is 0 Å². The van der Waals surface area contributed by atoms with E-state index in [1.165, 1.54) is 0 Å². The van der Waals surface area contributed by atoms with E-state index >= 15 is 0 Å². The van der Waals surface area contributed by atoms with E-state index in [1.54, 1.807) is 11.9 Å². The van der Waals surface area contributed by atoms with E-state index in [-0.39, 0.29) is 11.4 Å². The van der Waals surface area contributed by atoms with E-state index in [0.29, 0.717) is 12.3 Å². The van der Waals surface area contributed by atoms with Crippen molar-refractivity contribution in [1.29, 1.82) is 0 Å². The lowest BCUT2D eigenvalue weighted by Gasteiger charge is -2.34. The van der Waals surface area contributed by atoms with Crippen molar-refractivity contribution in [3.63, 3.8) is 0 Å². The SMILES string of the molecule is CN(C(=O)Cc1ccc(Br)cc1)C(C)(C)CCl. The number of carbonyl (C=O) groups is 1. The summed E-state index contributed by atoms with van der Waals surface area (Å²) < 4.78 is 1.02. The fourth-order valence-electron chi connectivity index (χ4n) is 1.32. The first-order valence-corrected chi connectivity index (χ1v) is 6.76. The van der Waals surface area contributed by atoms with E-state index < -0.39 is 0 Å². The zero-order chi connectivity index (χ0) is 13.1. The smallest absolute Gasteiger partial charge is 0.227 e. The predicted molar refractivity (Wildman–Crippen MR) is 75.4 cm³/mol. The number of halogens is 2. The summed E-state index contributed by atoms with van der Waals surface area (Å²) in [6.45, 7) is 3.92. The fraction of sp³-hybridized carbons (Fsp3) is 0.462. The lowest BCUT2D eigenvalue weighted by atomic mass is 10.0. The molecule has 1 amide bonds. The molecule has 0 aromatic heterocycles. The Bertz CT molecular complexity index is 389. The minimum Gasteiger partial charge on any atom is -0.339 e. The quantitative estimate of drug-likeness (QED) is 0.779. The molecular weight excluding hydrogens is 302 g/mol. The molecule has 0 radical (unpaired) electrons. The molecular formula is C13H17BrClNO. The second-order valence-corrected chi connectivity index (χ2v) is 5.89. The number of benzene rings is 1. The predicted octanol–water partition coefficient (Wildman–Crippen LogP) is 3.47. The zero-order valence-corrected chi connectivity index (χ0v) is 12.7. The van der Waals surface area contributed by atoms with E-state index in [0.717, 1.165) is 10.0 Å². The molecule has 0 saturated heterocycles. The molecule has 0 N–H and O–H groups in total. The van der Waals surface area contributed by atoms with E-state index in [1.807, 2.05) is 38.1 Å². The Hall–Kier alpha value is -0.540. The second-order valence-electron chi connectivity index (χ2n) is 4.70. The molecule has 0 bridgehead atoms. The maximum absolute atomic E-state index is 12.1. The number of rotatable bonds is 4. The van der Waals surface area contributed by atoms with Crippen molar-refractivity contribution >= 4 is 33.4 Å². The van der Waals surface area contributed by atoms with Crippen molar-refractivity contribution in [2.45, 2.75) is 25.8 Å². The van der Waals surface area contributed by atoms with Gasteiger partial charge >= 0.3 is 0 Å².